The number of hydrogen-bond acceptors (Lipinski definition) is 11. The number of unbranched alkanes of at least 4 members (excludes halogenated alkanes) is 3. The molecule has 0 spiro atoms. The number of thioether (sulfide) groups is 1. The Bertz CT molecular complexity index is 1880. The molecule has 2 aromatic carbocycles. The molecule has 4 heterocycles. The lowest BCUT2D eigenvalue weighted by molar-refractivity contribution is -0.136. The van der Waals surface area contributed by atoms with E-state index in [2.05, 4.69) is 26.3 Å². The van der Waals surface area contributed by atoms with Crippen LogP contribution in [0, 0.1) is 0 Å². The second-order valence-electron chi connectivity index (χ2n) is 14.7. The maximum absolute atomic E-state index is 13.3. The molecule has 3 unspecified atom stereocenters. The summed E-state index contributed by atoms with van der Waals surface area (Å²) >= 11 is 1.45. The van der Waals surface area contributed by atoms with E-state index in [0.717, 1.165) is 30.6 Å². The van der Waals surface area contributed by atoms with E-state index in [4.69, 9.17) is 4.74 Å². The molecule has 0 aliphatic carbocycles. The Labute approximate surface area is 317 Å². The van der Waals surface area contributed by atoms with Crippen molar-refractivity contribution in [3.05, 3.63) is 64.7 Å². The number of anilines is 1. The highest BCUT2D eigenvalue weighted by Crippen LogP contribution is 2.34. The first kappa shape index (κ1) is 38.5. The summed E-state index contributed by atoms with van der Waals surface area (Å²) in [6.45, 7) is 7.59. The quantitative estimate of drug-likeness (QED) is 0.194. The van der Waals surface area contributed by atoms with E-state index >= 15 is 0 Å². The number of nitrogens with zero attached hydrogens (tertiary/aromatic N) is 3. The highest BCUT2D eigenvalue weighted by molar-refractivity contribution is 8.14. The fraction of sp³-hybridized carbons (Fsp3) is 0.474. The molecule has 2 saturated heterocycles. The topological polar surface area (TPSA) is 196 Å². The van der Waals surface area contributed by atoms with Crippen molar-refractivity contribution in [1.29, 1.82) is 0 Å². The molecule has 4 N–H and O–H groups in total. The van der Waals surface area contributed by atoms with Crippen molar-refractivity contribution in [2.45, 2.75) is 88.7 Å². The minimum absolute atomic E-state index is 0.0171. The Balaban J connectivity index is 0.873. The summed E-state index contributed by atoms with van der Waals surface area (Å²) in [4.78, 5) is 95.7. The van der Waals surface area contributed by atoms with Crippen LogP contribution in [0.1, 0.15) is 107 Å². The maximum Gasteiger partial charge on any atom is 0.410 e. The van der Waals surface area contributed by atoms with Gasteiger partial charge in [-0.3, -0.25) is 44.0 Å². The average molecular weight is 760 g/mol. The van der Waals surface area contributed by atoms with Gasteiger partial charge in [0.1, 0.15) is 11.6 Å². The Kier molecular flexibility index (Phi) is 11.7. The standard InChI is InChI=1S/C38H45N7O8S/c1-38(2,3)53-37(52)44-20-17-25-28(21-44)54-36(41-25)43-32(48)23-13-11-22(12-14-23)31(47)40-19-7-5-4-6-18-39-26-10-8-9-24-30(26)35(51)45(34(24)50)27-15-16-29(46)42-33(27)49/h8-14,25,27-28,39H,4-7,15-21H2,1-3H3,(H,40,47)(H,41,43,48)(H,42,46,49). The molecule has 7 amide bonds. The van der Waals surface area contributed by atoms with Crippen molar-refractivity contribution in [3.63, 3.8) is 0 Å². The number of ether oxygens (including phenoxy) is 1. The third kappa shape index (κ3) is 8.92. The van der Waals surface area contributed by atoms with E-state index < -0.39 is 35.3 Å². The predicted octanol–water partition coefficient (Wildman–Crippen LogP) is 3.70. The van der Waals surface area contributed by atoms with Gasteiger partial charge in [0.25, 0.3) is 23.6 Å². The van der Waals surface area contributed by atoms with Crippen LogP contribution >= 0.6 is 11.8 Å². The van der Waals surface area contributed by atoms with Crippen LogP contribution < -0.4 is 21.3 Å². The predicted molar refractivity (Wildman–Crippen MR) is 201 cm³/mol. The van der Waals surface area contributed by atoms with Crippen molar-refractivity contribution >= 4 is 64.2 Å². The number of carbonyl (C=O) groups is 7. The summed E-state index contributed by atoms with van der Waals surface area (Å²) < 4.78 is 5.50. The second kappa shape index (κ2) is 16.4. The number of nitrogens with one attached hydrogen (secondary N) is 4. The number of amides is 7. The van der Waals surface area contributed by atoms with Gasteiger partial charge in [0, 0.05) is 49.4 Å². The normalized spacial score (nSPS) is 20.9. The van der Waals surface area contributed by atoms with E-state index in [0.29, 0.717) is 54.6 Å². The number of fused-ring (bicyclic) bond motifs is 2. The highest BCUT2D eigenvalue weighted by Gasteiger charge is 2.45. The molecule has 16 heteroatoms. The first-order chi connectivity index (χ1) is 25.8. The Morgan fingerprint density at radius 1 is 0.907 bits per heavy atom. The molecule has 3 atom stereocenters. The van der Waals surface area contributed by atoms with E-state index in [9.17, 15) is 33.6 Å². The van der Waals surface area contributed by atoms with Crippen LogP contribution in [0.15, 0.2) is 47.5 Å². The van der Waals surface area contributed by atoms with Crippen LogP contribution in [0.2, 0.25) is 0 Å². The summed E-state index contributed by atoms with van der Waals surface area (Å²) in [7, 11) is 0. The first-order valence-corrected chi connectivity index (χ1v) is 19.2. The maximum atomic E-state index is 13.3. The van der Waals surface area contributed by atoms with Crippen molar-refractivity contribution in [1.82, 2.24) is 25.8 Å². The molecule has 2 aromatic rings. The van der Waals surface area contributed by atoms with E-state index in [-0.39, 0.29) is 53.2 Å². The zero-order chi connectivity index (χ0) is 38.6. The number of piperidine rings is 2. The number of carbonyl (C=O) groups excluding carboxylic acids is 7. The molecule has 0 radical (unpaired) electrons. The lowest BCUT2D eigenvalue weighted by atomic mass is 10.0. The summed E-state index contributed by atoms with van der Waals surface area (Å²) in [6.07, 6.45) is 3.78. The number of amidine groups is 1. The van der Waals surface area contributed by atoms with E-state index in [1.807, 2.05) is 20.8 Å². The summed E-state index contributed by atoms with van der Waals surface area (Å²) in [5.41, 5.74) is 1.26. The molecule has 15 nitrogen and oxygen atoms in total. The second-order valence-corrected chi connectivity index (χ2v) is 15.9. The zero-order valence-electron chi connectivity index (χ0n) is 30.6. The number of likely N-dealkylation sites (tertiary alicyclic amines) is 1. The minimum atomic E-state index is -1.01. The largest absolute Gasteiger partial charge is 0.444 e. The molecule has 54 heavy (non-hydrogen) atoms. The van der Waals surface area contributed by atoms with Crippen LogP contribution in [0.25, 0.3) is 0 Å². The molecule has 0 saturated carbocycles. The highest BCUT2D eigenvalue weighted by atomic mass is 32.2. The Hall–Kier alpha value is -5.25. The molecule has 4 aliphatic rings. The van der Waals surface area contributed by atoms with Crippen molar-refractivity contribution in [2.75, 3.05) is 31.5 Å². The van der Waals surface area contributed by atoms with Crippen molar-refractivity contribution in [2.24, 2.45) is 4.99 Å². The molecular weight excluding hydrogens is 715 g/mol. The first-order valence-electron chi connectivity index (χ1n) is 18.3. The van der Waals surface area contributed by atoms with Crippen molar-refractivity contribution < 1.29 is 38.3 Å². The van der Waals surface area contributed by atoms with Gasteiger partial charge in [-0.05, 0) is 82.9 Å². The van der Waals surface area contributed by atoms with E-state index in [1.54, 1.807) is 47.4 Å². The van der Waals surface area contributed by atoms with E-state index in [1.165, 1.54) is 11.8 Å². The van der Waals surface area contributed by atoms with Crippen molar-refractivity contribution in [3.8, 4) is 0 Å². The SMILES string of the molecule is CC(C)(C)OC(=O)N1CCC2N=C(NC(=O)c3ccc(C(=O)NCCCCCCNc4cccc5c4C(=O)N(C4CCC(=O)NC4=O)C5=O)cc3)SC2C1. The van der Waals surface area contributed by atoms with Gasteiger partial charge in [-0.1, -0.05) is 30.7 Å². The van der Waals surface area contributed by atoms with Crippen LogP contribution in [0.4, 0.5) is 10.5 Å². The lowest BCUT2D eigenvalue weighted by Crippen LogP contribution is -2.54. The smallest absolute Gasteiger partial charge is 0.410 e. The van der Waals surface area contributed by atoms with Crippen LogP contribution in [-0.2, 0) is 14.3 Å². The molecule has 2 fully saturated rings. The van der Waals surface area contributed by atoms with Gasteiger partial charge >= 0.3 is 6.09 Å². The minimum Gasteiger partial charge on any atom is -0.444 e. The van der Waals surface area contributed by atoms with Gasteiger partial charge in [0.2, 0.25) is 11.8 Å². The van der Waals surface area contributed by atoms with Gasteiger partial charge in [-0.2, -0.15) is 0 Å². The van der Waals surface area contributed by atoms with Crippen LogP contribution in [0.5, 0.6) is 0 Å². The Morgan fingerprint density at radius 2 is 1.61 bits per heavy atom. The van der Waals surface area contributed by atoms with Gasteiger partial charge < -0.3 is 25.6 Å². The van der Waals surface area contributed by atoms with Gasteiger partial charge in [0.05, 0.1) is 22.4 Å². The Morgan fingerprint density at radius 3 is 2.31 bits per heavy atom. The average Bonchev–Trinajstić information content (AvgIpc) is 3.65. The number of hydrogen-bond donors (Lipinski definition) is 4. The zero-order valence-corrected chi connectivity index (χ0v) is 31.4. The van der Waals surface area contributed by atoms with Gasteiger partial charge in [-0.25, -0.2) is 4.79 Å². The monoisotopic (exact) mass is 759 g/mol. The lowest BCUT2D eigenvalue weighted by Gasteiger charge is -2.34. The molecule has 0 aromatic heterocycles. The number of imide groups is 2. The molecular formula is C38H45N7O8S. The third-order valence-corrected chi connectivity index (χ3v) is 10.7. The fourth-order valence-corrected chi connectivity index (χ4v) is 8.02. The van der Waals surface area contributed by atoms with Gasteiger partial charge in [0.15, 0.2) is 5.17 Å². The summed E-state index contributed by atoms with van der Waals surface area (Å²) in [5, 5.41) is 11.8. The molecule has 0 bridgehead atoms. The number of benzene rings is 2. The van der Waals surface area contributed by atoms with Crippen LogP contribution in [-0.4, -0.2) is 106 Å². The van der Waals surface area contributed by atoms with Crippen LogP contribution in [0.3, 0.4) is 0 Å². The fourth-order valence-electron chi connectivity index (χ4n) is 6.78. The number of aliphatic imine (C=N–C) groups is 1. The van der Waals surface area contributed by atoms with Gasteiger partial charge in [-0.15, -0.1) is 0 Å². The summed E-state index contributed by atoms with van der Waals surface area (Å²) in [5.74, 6) is -2.71. The molecule has 6 rings (SSSR count). The summed E-state index contributed by atoms with van der Waals surface area (Å²) in [6, 6.07) is 10.4. The molecule has 286 valence electrons. The third-order valence-electron chi connectivity index (χ3n) is 9.52. The molecule has 4 aliphatic heterocycles. The number of rotatable bonds is 11.